The summed E-state index contributed by atoms with van der Waals surface area (Å²) in [7, 11) is 0. The summed E-state index contributed by atoms with van der Waals surface area (Å²) < 4.78 is 5.71. The van der Waals surface area contributed by atoms with E-state index in [0.717, 1.165) is 37.3 Å². The zero-order valence-electron chi connectivity index (χ0n) is 9.15. The number of fused-ring (bicyclic) bond motifs is 1. The first-order valence-corrected chi connectivity index (χ1v) is 5.89. The molecule has 2 aliphatic rings. The lowest BCUT2D eigenvalue weighted by Gasteiger charge is -2.32. The van der Waals surface area contributed by atoms with Crippen LogP contribution >= 0.6 is 0 Å². The molecule has 1 aromatic heterocycles. The molecule has 2 aliphatic heterocycles. The quantitative estimate of drug-likeness (QED) is 0.667. The number of hydrogen-bond donors (Lipinski definition) is 3. The van der Waals surface area contributed by atoms with Gasteiger partial charge >= 0.3 is 0 Å². The lowest BCUT2D eigenvalue weighted by atomic mass is 9.94. The summed E-state index contributed by atoms with van der Waals surface area (Å²) in [6.07, 6.45) is 4.94. The van der Waals surface area contributed by atoms with Gasteiger partial charge in [-0.3, -0.25) is 0 Å². The summed E-state index contributed by atoms with van der Waals surface area (Å²) in [5.41, 5.74) is 2.20. The Kier molecular flexibility index (Phi) is 2.67. The fourth-order valence-corrected chi connectivity index (χ4v) is 2.67. The van der Waals surface area contributed by atoms with Gasteiger partial charge in [0.2, 0.25) is 0 Å². The van der Waals surface area contributed by atoms with Crippen molar-refractivity contribution in [3.05, 3.63) is 17.7 Å². The monoisotopic (exact) mass is 223 g/mol. The zero-order valence-corrected chi connectivity index (χ0v) is 9.15. The maximum Gasteiger partial charge on any atom is 0.0925 e. The largest absolute Gasteiger partial charge is 0.395 e. The van der Waals surface area contributed by atoms with Gasteiger partial charge in [-0.15, -0.1) is 0 Å². The highest BCUT2D eigenvalue weighted by Crippen LogP contribution is 2.31. The van der Waals surface area contributed by atoms with Gasteiger partial charge < -0.3 is 20.1 Å². The van der Waals surface area contributed by atoms with E-state index in [1.54, 1.807) is 6.33 Å². The Labute approximate surface area is 94.2 Å². The smallest absolute Gasteiger partial charge is 0.0925 e. The molecule has 0 radical (unpaired) electrons. The van der Waals surface area contributed by atoms with Crippen molar-refractivity contribution in [3.63, 3.8) is 0 Å². The first-order chi connectivity index (χ1) is 7.88. The molecule has 1 fully saturated rings. The molecule has 0 amide bonds. The van der Waals surface area contributed by atoms with E-state index in [-0.39, 0.29) is 24.8 Å². The van der Waals surface area contributed by atoms with Crippen molar-refractivity contribution in [3.8, 4) is 0 Å². The van der Waals surface area contributed by atoms with Crippen molar-refractivity contribution in [2.75, 3.05) is 13.2 Å². The van der Waals surface area contributed by atoms with Crippen LogP contribution < -0.4 is 5.32 Å². The average molecular weight is 223 g/mol. The number of nitrogens with one attached hydrogen (secondary N) is 2. The molecule has 0 aliphatic carbocycles. The summed E-state index contributed by atoms with van der Waals surface area (Å²) >= 11 is 0. The highest BCUT2D eigenvalue weighted by molar-refractivity contribution is 5.22. The van der Waals surface area contributed by atoms with Crippen LogP contribution in [0.15, 0.2) is 6.33 Å². The molecule has 3 heterocycles. The number of aromatic amines is 1. The predicted octanol–water partition coefficient (Wildman–Crippen LogP) is 0.136. The third-order valence-corrected chi connectivity index (χ3v) is 3.47. The first-order valence-electron chi connectivity index (χ1n) is 5.89. The Morgan fingerprint density at radius 3 is 3.25 bits per heavy atom. The highest BCUT2D eigenvalue weighted by Gasteiger charge is 2.35. The van der Waals surface area contributed by atoms with Crippen LogP contribution in [0, 0.1) is 0 Å². The molecule has 3 rings (SSSR count). The number of nitrogens with zero attached hydrogens (tertiary/aromatic N) is 1. The fraction of sp³-hybridized carbons (Fsp3) is 0.727. The summed E-state index contributed by atoms with van der Waals surface area (Å²) in [6, 6.07) is 0.247. The number of hydrogen-bond acceptors (Lipinski definition) is 4. The number of H-pyrrole nitrogens is 1. The number of rotatable bonds is 2. The van der Waals surface area contributed by atoms with Gasteiger partial charge in [-0.05, 0) is 12.8 Å². The van der Waals surface area contributed by atoms with Crippen LogP contribution in [-0.2, 0) is 11.2 Å². The number of aromatic nitrogens is 2. The second kappa shape index (κ2) is 4.16. The van der Waals surface area contributed by atoms with Gasteiger partial charge in [0.15, 0.2) is 0 Å². The molecule has 3 N–H and O–H groups in total. The van der Waals surface area contributed by atoms with Gasteiger partial charge in [0.05, 0.1) is 30.8 Å². The lowest BCUT2D eigenvalue weighted by Crippen LogP contribution is -2.46. The highest BCUT2D eigenvalue weighted by atomic mass is 16.5. The second-order valence-electron chi connectivity index (χ2n) is 4.55. The van der Waals surface area contributed by atoms with Crippen LogP contribution in [0.5, 0.6) is 0 Å². The molecular formula is C11H17N3O2. The maximum absolute atomic E-state index is 9.28. The molecule has 3 unspecified atom stereocenters. The Morgan fingerprint density at radius 2 is 2.50 bits per heavy atom. The Bertz CT molecular complexity index is 360. The normalized spacial score (nSPS) is 33.9. The molecule has 0 aromatic carbocycles. The molecule has 0 saturated carbocycles. The molecule has 1 saturated heterocycles. The van der Waals surface area contributed by atoms with E-state index in [1.165, 1.54) is 0 Å². The summed E-state index contributed by atoms with van der Waals surface area (Å²) in [4.78, 5) is 7.53. The van der Waals surface area contributed by atoms with Gasteiger partial charge in [-0.1, -0.05) is 0 Å². The minimum absolute atomic E-state index is 0.113. The van der Waals surface area contributed by atoms with Crippen LogP contribution in [0.25, 0.3) is 0 Å². The summed E-state index contributed by atoms with van der Waals surface area (Å²) in [5, 5.41) is 12.7. The number of aliphatic hydroxyl groups excluding tert-OH is 1. The van der Waals surface area contributed by atoms with Crippen LogP contribution in [0.3, 0.4) is 0 Å². The molecule has 1 aromatic rings. The van der Waals surface area contributed by atoms with Gasteiger partial charge in [0.1, 0.15) is 0 Å². The first kappa shape index (κ1) is 10.3. The van der Waals surface area contributed by atoms with Crippen molar-refractivity contribution in [2.45, 2.75) is 37.5 Å². The van der Waals surface area contributed by atoms with Gasteiger partial charge in [0, 0.05) is 24.8 Å². The van der Waals surface area contributed by atoms with E-state index >= 15 is 0 Å². The van der Waals surface area contributed by atoms with E-state index in [2.05, 4.69) is 15.3 Å². The van der Waals surface area contributed by atoms with Crippen LogP contribution in [0.2, 0.25) is 0 Å². The van der Waals surface area contributed by atoms with Crippen LogP contribution in [0.1, 0.15) is 30.3 Å². The second-order valence-corrected chi connectivity index (χ2v) is 4.55. The van der Waals surface area contributed by atoms with Crippen LogP contribution in [-0.4, -0.2) is 40.4 Å². The Balaban J connectivity index is 1.87. The van der Waals surface area contributed by atoms with Crippen molar-refractivity contribution in [1.29, 1.82) is 0 Å². The number of aliphatic hydroxyl groups is 1. The minimum Gasteiger partial charge on any atom is -0.395 e. The van der Waals surface area contributed by atoms with E-state index in [9.17, 15) is 5.11 Å². The third kappa shape index (κ3) is 1.65. The fourth-order valence-electron chi connectivity index (χ4n) is 2.67. The molecular weight excluding hydrogens is 206 g/mol. The molecule has 5 heteroatoms. The topological polar surface area (TPSA) is 70.2 Å². The van der Waals surface area contributed by atoms with Crippen molar-refractivity contribution < 1.29 is 9.84 Å². The van der Waals surface area contributed by atoms with Gasteiger partial charge in [-0.2, -0.15) is 0 Å². The Morgan fingerprint density at radius 1 is 1.56 bits per heavy atom. The van der Waals surface area contributed by atoms with Crippen LogP contribution in [0.4, 0.5) is 0 Å². The zero-order chi connectivity index (χ0) is 11.0. The van der Waals surface area contributed by atoms with Crippen molar-refractivity contribution >= 4 is 0 Å². The molecule has 0 bridgehead atoms. The molecule has 88 valence electrons. The van der Waals surface area contributed by atoms with Gasteiger partial charge in [-0.25, -0.2) is 4.98 Å². The standard InChI is InChI=1S/C11H17N3O2/c15-5-7-4-8-10(13-6-12-8)11(14-7)9-2-1-3-16-9/h6-7,9,11,14-15H,1-5H2,(H,12,13). The van der Waals surface area contributed by atoms with E-state index in [4.69, 9.17) is 4.74 Å². The summed E-state index contributed by atoms with van der Waals surface area (Å²) in [5.74, 6) is 0. The van der Waals surface area contributed by atoms with Crippen molar-refractivity contribution in [2.24, 2.45) is 0 Å². The molecule has 3 atom stereocenters. The van der Waals surface area contributed by atoms with E-state index in [0.29, 0.717) is 0 Å². The summed E-state index contributed by atoms with van der Waals surface area (Å²) in [6.45, 7) is 0.994. The van der Waals surface area contributed by atoms with Crippen molar-refractivity contribution in [1.82, 2.24) is 15.3 Å². The SMILES string of the molecule is OCC1Cc2[nH]cnc2C(C2CCCO2)N1. The van der Waals surface area contributed by atoms with E-state index < -0.39 is 0 Å². The number of imidazole rings is 1. The van der Waals surface area contributed by atoms with Gasteiger partial charge in [0.25, 0.3) is 0 Å². The lowest BCUT2D eigenvalue weighted by molar-refractivity contribution is 0.0642. The third-order valence-electron chi connectivity index (χ3n) is 3.47. The predicted molar refractivity (Wildman–Crippen MR) is 58.0 cm³/mol. The molecule has 5 nitrogen and oxygen atoms in total. The molecule has 16 heavy (non-hydrogen) atoms. The number of ether oxygens (including phenoxy) is 1. The van der Waals surface area contributed by atoms with E-state index in [1.807, 2.05) is 0 Å². The average Bonchev–Trinajstić information content (AvgIpc) is 2.98. The maximum atomic E-state index is 9.28. The molecule has 0 spiro atoms. The Hall–Kier alpha value is -0.910. The minimum atomic E-state index is 0.113.